The fourth-order valence-electron chi connectivity index (χ4n) is 3.62. The largest absolute Gasteiger partial charge is 0.350 e. The molecule has 3 amide bonds. The van der Waals surface area contributed by atoms with Gasteiger partial charge in [0, 0.05) is 24.0 Å². The van der Waals surface area contributed by atoms with Gasteiger partial charge >= 0.3 is 6.03 Å². The van der Waals surface area contributed by atoms with Crippen molar-refractivity contribution in [2.24, 2.45) is 5.73 Å². The summed E-state index contributed by atoms with van der Waals surface area (Å²) in [6.45, 7) is 0.397. The van der Waals surface area contributed by atoms with Crippen molar-refractivity contribution in [3.05, 3.63) is 64.6 Å². The van der Waals surface area contributed by atoms with Crippen molar-refractivity contribution in [1.29, 1.82) is 0 Å². The minimum absolute atomic E-state index is 0.0187. The molecule has 2 aromatic carbocycles. The summed E-state index contributed by atoms with van der Waals surface area (Å²) in [7, 11) is 0. The zero-order valence-corrected chi connectivity index (χ0v) is 17.1. The molecule has 1 fully saturated rings. The molecular weight excluding hydrogens is 425 g/mol. The van der Waals surface area contributed by atoms with Gasteiger partial charge in [-0.3, -0.25) is 9.59 Å². The summed E-state index contributed by atoms with van der Waals surface area (Å²) >= 11 is 5.76. The van der Waals surface area contributed by atoms with Gasteiger partial charge in [0.05, 0.1) is 22.7 Å². The highest BCUT2D eigenvalue weighted by atomic mass is 35.5. The third-order valence-corrected chi connectivity index (χ3v) is 5.61. The lowest BCUT2D eigenvalue weighted by molar-refractivity contribution is -0.146. The van der Waals surface area contributed by atoms with Crippen molar-refractivity contribution in [3.8, 4) is 0 Å². The highest BCUT2D eigenvalue weighted by Crippen LogP contribution is 2.23. The number of carbonyl (C=O) groups is 3. The standard InChI is InChI=1S/C21H19ClFN5O3/c22-14-6-3-4-12(19(14)23)11-25-20(30)17-8-9-27(17)18(29)10-15-13-5-1-2-7-16(13)28(26-15)21(24)31/h1-7,17H,8-11H2,(H2,24,31)(H,25,30)/t17-/m0/s1. The third-order valence-electron chi connectivity index (χ3n) is 5.32. The van der Waals surface area contributed by atoms with Gasteiger partial charge in [0.25, 0.3) is 0 Å². The quantitative estimate of drug-likeness (QED) is 0.629. The molecule has 160 valence electrons. The summed E-state index contributed by atoms with van der Waals surface area (Å²) in [5.41, 5.74) is 6.55. The second-order valence-corrected chi connectivity index (χ2v) is 7.62. The van der Waals surface area contributed by atoms with Crippen LogP contribution in [0.2, 0.25) is 5.02 Å². The molecule has 1 saturated heterocycles. The maximum Gasteiger partial charge on any atom is 0.340 e. The molecular formula is C21H19ClFN5O3. The average molecular weight is 444 g/mol. The van der Waals surface area contributed by atoms with E-state index >= 15 is 0 Å². The summed E-state index contributed by atoms with van der Waals surface area (Å²) in [5.74, 6) is -1.24. The number of rotatable bonds is 5. The molecule has 1 aromatic heterocycles. The number of hydrogen-bond acceptors (Lipinski definition) is 4. The van der Waals surface area contributed by atoms with Crippen LogP contribution in [0.4, 0.5) is 9.18 Å². The van der Waals surface area contributed by atoms with Crippen LogP contribution in [-0.2, 0) is 22.6 Å². The number of nitrogens with zero attached hydrogens (tertiary/aromatic N) is 3. The molecule has 0 bridgehead atoms. The molecule has 0 radical (unpaired) electrons. The minimum atomic E-state index is -0.746. The first-order valence-electron chi connectivity index (χ1n) is 9.63. The third kappa shape index (κ3) is 3.96. The van der Waals surface area contributed by atoms with Crippen molar-refractivity contribution in [3.63, 3.8) is 0 Å². The van der Waals surface area contributed by atoms with Gasteiger partial charge in [-0.1, -0.05) is 41.9 Å². The van der Waals surface area contributed by atoms with Crippen LogP contribution in [0.25, 0.3) is 10.9 Å². The van der Waals surface area contributed by atoms with Crippen LogP contribution < -0.4 is 11.1 Å². The van der Waals surface area contributed by atoms with E-state index in [0.29, 0.717) is 29.6 Å². The number of nitrogens with two attached hydrogens (primary N) is 1. The summed E-state index contributed by atoms with van der Waals surface area (Å²) in [6, 6.07) is 10.1. The van der Waals surface area contributed by atoms with E-state index in [-0.39, 0.29) is 35.4 Å². The highest BCUT2D eigenvalue weighted by molar-refractivity contribution is 6.30. The molecule has 2 heterocycles. The summed E-state index contributed by atoms with van der Waals surface area (Å²) in [6.07, 6.45) is 0.430. The number of hydrogen-bond donors (Lipinski definition) is 2. The van der Waals surface area contributed by atoms with Crippen LogP contribution in [0.5, 0.6) is 0 Å². The van der Waals surface area contributed by atoms with Gasteiger partial charge in [0.15, 0.2) is 0 Å². The molecule has 3 aromatic rings. The van der Waals surface area contributed by atoms with Gasteiger partial charge in [-0.05, 0) is 18.6 Å². The van der Waals surface area contributed by atoms with Crippen LogP contribution >= 0.6 is 11.6 Å². The fourth-order valence-corrected chi connectivity index (χ4v) is 3.81. The summed E-state index contributed by atoms with van der Waals surface area (Å²) < 4.78 is 15.0. The Bertz CT molecular complexity index is 1190. The Morgan fingerprint density at radius 2 is 1.97 bits per heavy atom. The number of likely N-dealkylation sites (tertiary alicyclic amines) is 1. The first-order chi connectivity index (χ1) is 14.9. The number of carbonyl (C=O) groups excluding carboxylic acids is 3. The lowest BCUT2D eigenvalue weighted by Crippen LogP contribution is -2.58. The Labute approximate surface area is 181 Å². The first kappa shape index (κ1) is 20.8. The van der Waals surface area contributed by atoms with Crippen molar-refractivity contribution < 1.29 is 18.8 Å². The number of nitrogens with one attached hydrogen (secondary N) is 1. The van der Waals surface area contributed by atoms with Gasteiger partial charge in [-0.2, -0.15) is 9.78 Å². The summed E-state index contributed by atoms with van der Waals surface area (Å²) in [5, 5.41) is 7.45. The number of halogens is 2. The smallest absolute Gasteiger partial charge is 0.340 e. The van der Waals surface area contributed by atoms with E-state index < -0.39 is 17.9 Å². The number of amides is 3. The zero-order chi connectivity index (χ0) is 22.1. The number of primary amides is 1. The zero-order valence-electron chi connectivity index (χ0n) is 16.3. The first-order valence-corrected chi connectivity index (χ1v) is 10.0. The highest BCUT2D eigenvalue weighted by Gasteiger charge is 2.37. The molecule has 4 rings (SSSR count). The van der Waals surface area contributed by atoms with E-state index in [2.05, 4.69) is 10.4 Å². The second kappa shape index (κ2) is 8.35. The molecule has 3 N–H and O–H groups in total. The van der Waals surface area contributed by atoms with Crippen LogP contribution in [0, 0.1) is 5.82 Å². The van der Waals surface area contributed by atoms with Gasteiger partial charge in [0.1, 0.15) is 11.9 Å². The predicted octanol–water partition coefficient (Wildman–Crippen LogP) is 2.22. The number of para-hydroxylation sites is 1. The molecule has 1 aliphatic rings. The molecule has 1 atom stereocenters. The predicted molar refractivity (Wildman–Crippen MR) is 112 cm³/mol. The normalized spacial score (nSPS) is 15.5. The van der Waals surface area contributed by atoms with Crippen molar-refractivity contribution in [2.75, 3.05) is 6.54 Å². The molecule has 31 heavy (non-hydrogen) atoms. The number of fused-ring (bicyclic) bond motifs is 1. The molecule has 0 spiro atoms. The van der Waals surface area contributed by atoms with Gasteiger partial charge in [-0.15, -0.1) is 0 Å². The van der Waals surface area contributed by atoms with Gasteiger partial charge in [0.2, 0.25) is 11.8 Å². The Balaban J connectivity index is 1.43. The number of benzene rings is 2. The molecule has 1 aliphatic heterocycles. The Morgan fingerprint density at radius 3 is 2.68 bits per heavy atom. The molecule has 0 saturated carbocycles. The van der Waals surface area contributed by atoms with E-state index in [1.165, 1.54) is 17.0 Å². The van der Waals surface area contributed by atoms with Crippen LogP contribution in [-0.4, -0.2) is 45.1 Å². The molecule has 0 aliphatic carbocycles. The van der Waals surface area contributed by atoms with Crippen molar-refractivity contribution in [1.82, 2.24) is 20.0 Å². The van der Waals surface area contributed by atoms with Gasteiger partial charge < -0.3 is 16.0 Å². The molecule has 10 heteroatoms. The average Bonchev–Trinajstić information content (AvgIpc) is 3.07. The lowest BCUT2D eigenvalue weighted by Gasteiger charge is -2.39. The van der Waals surface area contributed by atoms with E-state index in [1.807, 2.05) is 0 Å². The topological polar surface area (TPSA) is 110 Å². The Hall–Kier alpha value is -3.46. The van der Waals surface area contributed by atoms with Crippen molar-refractivity contribution in [2.45, 2.75) is 25.4 Å². The molecule has 0 unspecified atom stereocenters. The lowest BCUT2D eigenvalue weighted by atomic mass is 10.0. The van der Waals surface area contributed by atoms with E-state index in [9.17, 15) is 18.8 Å². The SMILES string of the molecule is NC(=O)n1nc(CC(=O)N2CC[C@H]2C(=O)NCc2cccc(Cl)c2F)c2ccccc21. The maximum absolute atomic E-state index is 14.0. The fraction of sp³-hybridized carbons (Fsp3) is 0.238. The minimum Gasteiger partial charge on any atom is -0.350 e. The van der Waals surface area contributed by atoms with E-state index in [0.717, 1.165) is 4.68 Å². The maximum atomic E-state index is 14.0. The Kier molecular flexibility index (Phi) is 5.60. The van der Waals surface area contributed by atoms with Crippen LogP contribution in [0.15, 0.2) is 42.5 Å². The second-order valence-electron chi connectivity index (χ2n) is 7.21. The molecule has 8 nitrogen and oxygen atoms in total. The van der Waals surface area contributed by atoms with Crippen LogP contribution in [0.3, 0.4) is 0 Å². The van der Waals surface area contributed by atoms with Crippen molar-refractivity contribution >= 4 is 40.3 Å². The van der Waals surface area contributed by atoms with E-state index in [1.54, 1.807) is 30.3 Å². The Morgan fingerprint density at radius 1 is 1.19 bits per heavy atom. The monoisotopic (exact) mass is 443 g/mol. The van der Waals surface area contributed by atoms with E-state index in [4.69, 9.17) is 17.3 Å². The summed E-state index contributed by atoms with van der Waals surface area (Å²) in [4.78, 5) is 38.4. The van der Waals surface area contributed by atoms with Gasteiger partial charge in [-0.25, -0.2) is 9.18 Å². The van der Waals surface area contributed by atoms with Crippen LogP contribution in [0.1, 0.15) is 17.7 Å². The number of aromatic nitrogens is 2.